The number of halogens is 2. The number of benzene rings is 1. The van der Waals surface area contributed by atoms with E-state index in [0.717, 1.165) is 25.8 Å². The van der Waals surface area contributed by atoms with Gasteiger partial charge in [0, 0.05) is 0 Å². The number of hydrogen-bond acceptors (Lipinski definition) is 1. The van der Waals surface area contributed by atoms with Gasteiger partial charge in [-0.05, 0) is 68.0 Å². The Morgan fingerprint density at radius 1 is 1.26 bits per heavy atom. The summed E-state index contributed by atoms with van der Waals surface area (Å²) < 4.78 is 27.4. The van der Waals surface area contributed by atoms with Crippen molar-refractivity contribution in [3.63, 3.8) is 0 Å². The van der Waals surface area contributed by atoms with Crippen LogP contribution in [-0.2, 0) is 0 Å². The lowest BCUT2D eigenvalue weighted by atomic mass is 9.70. The molecule has 2 rings (SSSR count). The number of nitrogens with one attached hydrogen (secondary N) is 1. The molecule has 1 nitrogen and oxygen atoms in total. The topological polar surface area (TPSA) is 12.0 Å². The Morgan fingerprint density at radius 3 is 2.74 bits per heavy atom. The number of hydrogen-bond donors (Lipinski definition) is 1. The molecule has 1 aliphatic carbocycles. The van der Waals surface area contributed by atoms with E-state index >= 15 is 0 Å². The fraction of sp³-hybridized carbons (Fsp3) is 0.625. The number of rotatable bonds is 4. The van der Waals surface area contributed by atoms with Crippen LogP contribution in [0.1, 0.15) is 44.1 Å². The summed E-state index contributed by atoms with van der Waals surface area (Å²) in [7, 11) is 1.92. The van der Waals surface area contributed by atoms with Gasteiger partial charge in [0.2, 0.25) is 0 Å². The van der Waals surface area contributed by atoms with Crippen LogP contribution in [0.2, 0.25) is 0 Å². The fourth-order valence-electron chi connectivity index (χ4n) is 3.38. The molecule has 0 spiro atoms. The van der Waals surface area contributed by atoms with Crippen molar-refractivity contribution in [1.29, 1.82) is 0 Å². The van der Waals surface area contributed by atoms with Gasteiger partial charge in [0.25, 0.3) is 0 Å². The molecule has 0 bridgehead atoms. The van der Waals surface area contributed by atoms with Crippen LogP contribution in [0.25, 0.3) is 0 Å². The quantitative estimate of drug-likeness (QED) is 0.866. The summed E-state index contributed by atoms with van der Waals surface area (Å²) in [5, 5.41) is 3.19. The van der Waals surface area contributed by atoms with Gasteiger partial charge in [-0.3, -0.25) is 0 Å². The molecule has 0 saturated heterocycles. The maximum absolute atomic E-state index is 14.0. The molecule has 3 unspecified atom stereocenters. The largest absolute Gasteiger partial charge is 0.319 e. The van der Waals surface area contributed by atoms with Crippen molar-refractivity contribution in [1.82, 2.24) is 5.32 Å². The van der Waals surface area contributed by atoms with E-state index in [1.807, 2.05) is 7.05 Å². The third kappa shape index (κ3) is 3.33. The normalized spacial score (nSPS) is 27.5. The highest BCUT2D eigenvalue weighted by Crippen LogP contribution is 2.42. The van der Waals surface area contributed by atoms with Crippen LogP contribution in [0.3, 0.4) is 0 Å². The Kier molecular flexibility index (Phi) is 4.92. The fourth-order valence-corrected chi connectivity index (χ4v) is 3.38. The van der Waals surface area contributed by atoms with Crippen molar-refractivity contribution in [3.8, 4) is 0 Å². The highest BCUT2D eigenvalue weighted by molar-refractivity contribution is 5.24. The van der Waals surface area contributed by atoms with E-state index in [0.29, 0.717) is 17.4 Å². The van der Waals surface area contributed by atoms with Gasteiger partial charge in [0.15, 0.2) is 0 Å². The summed E-state index contributed by atoms with van der Waals surface area (Å²) in [5.41, 5.74) is 0.568. The summed E-state index contributed by atoms with van der Waals surface area (Å²) in [4.78, 5) is 0. The van der Waals surface area contributed by atoms with Crippen LogP contribution in [-0.4, -0.2) is 13.6 Å². The lowest BCUT2D eigenvalue weighted by Gasteiger charge is -2.36. The standard InChI is InChI=1S/C16H23F2N/c1-3-11-4-5-12(10-19-2)14(8-11)15-9-13(17)6-7-16(15)18/h6-7,9,11-12,14,19H,3-5,8,10H2,1-2H3. The minimum atomic E-state index is -0.335. The summed E-state index contributed by atoms with van der Waals surface area (Å²) in [6.45, 7) is 3.05. The van der Waals surface area contributed by atoms with E-state index < -0.39 is 0 Å². The van der Waals surface area contributed by atoms with E-state index in [2.05, 4.69) is 12.2 Å². The molecule has 1 fully saturated rings. The molecule has 0 aromatic heterocycles. The Bertz CT molecular complexity index is 419. The first-order valence-corrected chi connectivity index (χ1v) is 7.25. The van der Waals surface area contributed by atoms with Gasteiger partial charge >= 0.3 is 0 Å². The van der Waals surface area contributed by atoms with Gasteiger partial charge in [-0.25, -0.2) is 8.78 Å². The Morgan fingerprint density at radius 2 is 2.05 bits per heavy atom. The molecular formula is C16H23F2N. The van der Waals surface area contributed by atoms with Crippen molar-refractivity contribution in [3.05, 3.63) is 35.4 Å². The van der Waals surface area contributed by atoms with Crippen molar-refractivity contribution < 1.29 is 8.78 Å². The molecular weight excluding hydrogens is 244 g/mol. The lowest BCUT2D eigenvalue weighted by Crippen LogP contribution is -2.31. The molecule has 0 aliphatic heterocycles. The van der Waals surface area contributed by atoms with Crippen molar-refractivity contribution in [2.75, 3.05) is 13.6 Å². The molecule has 1 aliphatic rings. The second-order valence-corrected chi connectivity index (χ2v) is 5.68. The molecule has 19 heavy (non-hydrogen) atoms. The Labute approximate surface area is 114 Å². The average molecular weight is 267 g/mol. The van der Waals surface area contributed by atoms with E-state index in [1.54, 1.807) is 0 Å². The highest BCUT2D eigenvalue weighted by atomic mass is 19.1. The monoisotopic (exact) mass is 267 g/mol. The maximum atomic E-state index is 14.0. The molecule has 3 atom stereocenters. The highest BCUT2D eigenvalue weighted by Gasteiger charge is 2.32. The third-order valence-electron chi connectivity index (χ3n) is 4.50. The van der Waals surface area contributed by atoms with Gasteiger partial charge in [-0.2, -0.15) is 0 Å². The summed E-state index contributed by atoms with van der Waals surface area (Å²) in [6, 6.07) is 3.85. The van der Waals surface area contributed by atoms with Crippen LogP contribution >= 0.6 is 0 Å². The smallest absolute Gasteiger partial charge is 0.126 e. The van der Waals surface area contributed by atoms with Crippen molar-refractivity contribution >= 4 is 0 Å². The van der Waals surface area contributed by atoms with Crippen LogP contribution < -0.4 is 5.32 Å². The Hall–Kier alpha value is -0.960. The molecule has 0 radical (unpaired) electrons. The third-order valence-corrected chi connectivity index (χ3v) is 4.50. The predicted octanol–water partition coefficient (Wildman–Crippen LogP) is 4.09. The molecule has 106 valence electrons. The summed E-state index contributed by atoms with van der Waals surface area (Å²) in [5.74, 6) is 0.592. The first kappa shape index (κ1) is 14.4. The van der Waals surface area contributed by atoms with Crippen LogP contribution in [0.15, 0.2) is 18.2 Å². The first-order valence-electron chi connectivity index (χ1n) is 7.25. The maximum Gasteiger partial charge on any atom is 0.126 e. The summed E-state index contributed by atoms with van der Waals surface area (Å²) >= 11 is 0. The predicted molar refractivity (Wildman–Crippen MR) is 74.1 cm³/mol. The lowest BCUT2D eigenvalue weighted by molar-refractivity contribution is 0.224. The SMILES string of the molecule is CCC1CCC(CNC)C(c2cc(F)ccc2F)C1. The van der Waals surface area contributed by atoms with Gasteiger partial charge in [0.05, 0.1) is 0 Å². The summed E-state index contributed by atoms with van der Waals surface area (Å²) in [6.07, 6.45) is 4.40. The Balaban J connectivity index is 2.27. The molecule has 1 saturated carbocycles. The van der Waals surface area contributed by atoms with Gasteiger partial charge in [0.1, 0.15) is 11.6 Å². The zero-order chi connectivity index (χ0) is 13.8. The van der Waals surface area contributed by atoms with E-state index in [-0.39, 0.29) is 17.6 Å². The van der Waals surface area contributed by atoms with E-state index in [1.165, 1.54) is 24.6 Å². The van der Waals surface area contributed by atoms with Crippen LogP contribution in [0, 0.1) is 23.5 Å². The van der Waals surface area contributed by atoms with Gasteiger partial charge < -0.3 is 5.32 Å². The minimum Gasteiger partial charge on any atom is -0.319 e. The molecule has 1 aromatic rings. The van der Waals surface area contributed by atoms with Crippen molar-refractivity contribution in [2.24, 2.45) is 11.8 Å². The zero-order valence-corrected chi connectivity index (χ0v) is 11.8. The second kappa shape index (κ2) is 6.47. The first-order chi connectivity index (χ1) is 9.15. The minimum absolute atomic E-state index is 0.141. The second-order valence-electron chi connectivity index (χ2n) is 5.68. The molecule has 0 heterocycles. The molecule has 0 amide bonds. The molecule has 1 aromatic carbocycles. The van der Waals surface area contributed by atoms with Crippen LogP contribution in [0.4, 0.5) is 8.78 Å². The van der Waals surface area contributed by atoms with E-state index in [4.69, 9.17) is 0 Å². The average Bonchev–Trinajstić information content (AvgIpc) is 2.42. The zero-order valence-electron chi connectivity index (χ0n) is 11.8. The van der Waals surface area contributed by atoms with Crippen molar-refractivity contribution in [2.45, 2.75) is 38.5 Å². The van der Waals surface area contributed by atoms with Gasteiger partial charge in [-0.1, -0.05) is 19.8 Å². The van der Waals surface area contributed by atoms with Crippen LogP contribution in [0.5, 0.6) is 0 Å². The van der Waals surface area contributed by atoms with Gasteiger partial charge in [-0.15, -0.1) is 0 Å². The van der Waals surface area contributed by atoms with E-state index in [9.17, 15) is 8.78 Å². The molecule has 1 N–H and O–H groups in total. The molecule has 3 heteroatoms.